The van der Waals surface area contributed by atoms with E-state index in [2.05, 4.69) is 15.7 Å². The van der Waals surface area contributed by atoms with Gasteiger partial charge in [0.05, 0.1) is 11.9 Å². The summed E-state index contributed by atoms with van der Waals surface area (Å²) in [4.78, 5) is 16.8. The zero-order chi connectivity index (χ0) is 23.5. The Morgan fingerprint density at radius 1 is 1.15 bits per heavy atom. The fourth-order valence-electron chi connectivity index (χ4n) is 4.08. The predicted molar refractivity (Wildman–Crippen MR) is 129 cm³/mol. The molecule has 1 aliphatic rings. The van der Waals surface area contributed by atoms with E-state index in [1.165, 1.54) is 0 Å². The zero-order valence-corrected chi connectivity index (χ0v) is 19.0. The number of phenols is 1. The maximum absolute atomic E-state index is 12.1. The molecule has 4 aromatic rings. The van der Waals surface area contributed by atoms with Crippen LogP contribution in [-0.2, 0) is 22.6 Å². The predicted octanol–water partition coefficient (Wildman–Crippen LogP) is 3.82. The molecule has 1 aliphatic heterocycles. The van der Waals surface area contributed by atoms with Crippen molar-refractivity contribution in [1.82, 2.24) is 19.9 Å². The average molecular weight is 458 g/mol. The molecule has 1 fully saturated rings. The molecule has 0 spiro atoms. The lowest BCUT2D eigenvalue weighted by Gasteiger charge is -2.13. The highest BCUT2D eigenvalue weighted by molar-refractivity contribution is 5.81. The van der Waals surface area contributed by atoms with Gasteiger partial charge in [0.1, 0.15) is 17.7 Å². The molecule has 3 N–H and O–H groups in total. The number of aryl methyl sites for hydroxylation is 1. The molecule has 2 aromatic carbocycles. The number of ether oxygens (including phenoxy) is 1. The first kappa shape index (κ1) is 21.9. The van der Waals surface area contributed by atoms with Gasteiger partial charge in [-0.2, -0.15) is 9.61 Å². The van der Waals surface area contributed by atoms with Gasteiger partial charge in [0.2, 0.25) is 5.91 Å². The van der Waals surface area contributed by atoms with E-state index >= 15 is 0 Å². The molecule has 0 saturated carbocycles. The maximum atomic E-state index is 12.1. The molecule has 0 radical (unpaired) electrons. The van der Waals surface area contributed by atoms with E-state index in [-0.39, 0.29) is 17.8 Å². The summed E-state index contributed by atoms with van der Waals surface area (Å²) in [6, 6.07) is 17.2. The van der Waals surface area contributed by atoms with Crippen molar-refractivity contribution in [2.24, 2.45) is 0 Å². The number of amides is 1. The van der Waals surface area contributed by atoms with Crippen molar-refractivity contribution >= 4 is 17.4 Å². The number of phenolic OH excluding ortho intramolecular Hbond substituents is 1. The van der Waals surface area contributed by atoms with Gasteiger partial charge >= 0.3 is 0 Å². The van der Waals surface area contributed by atoms with Crippen LogP contribution in [0.2, 0.25) is 0 Å². The smallest absolute Gasteiger partial charge is 0.249 e. The lowest BCUT2D eigenvalue weighted by atomic mass is 10.1. The zero-order valence-electron chi connectivity index (χ0n) is 19.0. The van der Waals surface area contributed by atoms with Crippen LogP contribution in [0.3, 0.4) is 0 Å². The number of aromatic nitrogens is 3. The first-order valence-corrected chi connectivity index (χ1v) is 11.4. The minimum Gasteiger partial charge on any atom is -0.507 e. The summed E-state index contributed by atoms with van der Waals surface area (Å²) in [5.74, 6) is 0.925. The Morgan fingerprint density at radius 3 is 2.65 bits per heavy atom. The monoisotopic (exact) mass is 457 g/mol. The van der Waals surface area contributed by atoms with Crippen molar-refractivity contribution in [2.45, 2.75) is 39.0 Å². The van der Waals surface area contributed by atoms with E-state index < -0.39 is 0 Å². The molecular weight excluding hydrogens is 430 g/mol. The number of anilines is 1. The van der Waals surface area contributed by atoms with Crippen molar-refractivity contribution in [3.05, 3.63) is 77.5 Å². The standard InChI is InChI=1S/C26H27N5O3/c1-17-14-29-31-24(13-21(30-25(17)31)20-5-2-3-6-22(20)32)27-15-18-8-10-19(11-9-18)16-28-26(33)23-7-4-12-34-23/h2-3,5-6,8-11,13-14,23,27,32H,4,7,12,15-16H2,1H3,(H,28,33). The highest BCUT2D eigenvalue weighted by Gasteiger charge is 2.23. The number of nitrogens with one attached hydrogen (secondary N) is 2. The Bertz CT molecular complexity index is 1310. The van der Waals surface area contributed by atoms with Crippen molar-refractivity contribution in [2.75, 3.05) is 11.9 Å². The van der Waals surface area contributed by atoms with Crippen molar-refractivity contribution in [1.29, 1.82) is 0 Å². The molecule has 1 unspecified atom stereocenters. The van der Waals surface area contributed by atoms with E-state index in [1.807, 2.05) is 49.4 Å². The summed E-state index contributed by atoms with van der Waals surface area (Å²) >= 11 is 0. The van der Waals surface area contributed by atoms with Crippen LogP contribution in [0.1, 0.15) is 29.5 Å². The van der Waals surface area contributed by atoms with Gasteiger partial charge in [0, 0.05) is 36.9 Å². The highest BCUT2D eigenvalue weighted by Crippen LogP contribution is 2.30. The second-order valence-corrected chi connectivity index (χ2v) is 8.50. The molecule has 3 heterocycles. The van der Waals surface area contributed by atoms with Gasteiger partial charge in [0.15, 0.2) is 5.65 Å². The molecule has 0 aliphatic carbocycles. The van der Waals surface area contributed by atoms with Gasteiger partial charge in [-0.25, -0.2) is 4.98 Å². The summed E-state index contributed by atoms with van der Waals surface area (Å²) in [5, 5.41) is 21.2. The third kappa shape index (κ3) is 4.58. The van der Waals surface area contributed by atoms with E-state index in [9.17, 15) is 9.90 Å². The van der Waals surface area contributed by atoms with Crippen LogP contribution in [0, 0.1) is 6.92 Å². The lowest BCUT2D eigenvalue weighted by Crippen LogP contribution is -2.33. The minimum absolute atomic E-state index is 0.0419. The van der Waals surface area contributed by atoms with Gasteiger partial charge in [-0.15, -0.1) is 0 Å². The van der Waals surface area contributed by atoms with Gasteiger partial charge < -0.3 is 20.5 Å². The van der Waals surface area contributed by atoms with Crippen LogP contribution in [0.4, 0.5) is 5.82 Å². The Labute approximate surface area is 197 Å². The number of benzene rings is 2. The average Bonchev–Trinajstić information content (AvgIpc) is 3.53. The van der Waals surface area contributed by atoms with Crippen LogP contribution in [0.25, 0.3) is 16.9 Å². The molecule has 34 heavy (non-hydrogen) atoms. The van der Waals surface area contributed by atoms with Gasteiger partial charge in [0.25, 0.3) is 0 Å². The molecule has 0 bridgehead atoms. The lowest BCUT2D eigenvalue weighted by molar-refractivity contribution is -0.130. The molecule has 2 aromatic heterocycles. The van der Waals surface area contributed by atoms with Crippen LogP contribution >= 0.6 is 0 Å². The number of rotatable bonds is 7. The van der Waals surface area contributed by atoms with Crippen LogP contribution in [0.5, 0.6) is 5.75 Å². The number of aromatic hydroxyl groups is 1. The molecule has 1 amide bonds. The Hall–Kier alpha value is -3.91. The van der Waals surface area contributed by atoms with Gasteiger partial charge in [-0.05, 0) is 43.0 Å². The normalized spacial score (nSPS) is 15.5. The highest BCUT2D eigenvalue weighted by atomic mass is 16.5. The van der Waals surface area contributed by atoms with E-state index in [1.54, 1.807) is 22.8 Å². The van der Waals surface area contributed by atoms with E-state index in [4.69, 9.17) is 9.72 Å². The fraction of sp³-hybridized carbons (Fsp3) is 0.269. The summed E-state index contributed by atoms with van der Waals surface area (Å²) < 4.78 is 7.20. The minimum atomic E-state index is -0.311. The van der Waals surface area contributed by atoms with E-state index in [0.29, 0.717) is 31.0 Å². The Kier molecular flexibility index (Phi) is 6.14. The number of nitrogens with zero attached hydrogens (tertiary/aromatic N) is 3. The summed E-state index contributed by atoms with van der Waals surface area (Å²) in [7, 11) is 0. The number of hydrogen-bond donors (Lipinski definition) is 3. The van der Waals surface area contributed by atoms with Gasteiger partial charge in [-0.1, -0.05) is 36.4 Å². The SMILES string of the molecule is Cc1cnn2c(NCc3ccc(CNC(=O)C4CCCO4)cc3)cc(-c3ccccc3O)nc12. The molecule has 1 atom stereocenters. The number of carbonyl (C=O) groups excluding carboxylic acids is 1. The third-order valence-corrected chi connectivity index (χ3v) is 6.01. The number of fused-ring (bicyclic) bond motifs is 1. The fourth-order valence-corrected chi connectivity index (χ4v) is 4.08. The van der Waals surface area contributed by atoms with Gasteiger partial charge in [-0.3, -0.25) is 4.79 Å². The summed E-state index contributed by atoms with van der Waals surface area (Å²) in [6.45, 7) is 3.69. The van der Waals surface area contributed by atoms with Crippen molar-refractivity contribution in [3.8, 4) is 17.0 Å². The third-order valence-electron chi connectivity index (χ3n) is 6.01. The molecule has 5 rings (SSSR count). The summed E-state index contributed by atoms with van der Waals surface area (Å²) in [5.41, 5.74) is 5.16. The molecule has 174 valence electrons. The maximum Gasteiger partial charge on any atom is 0.249 e. The van der Waals surface area contributed by atoms with E-state index in [0.717, 1.165) is 41.0 Å². The first-order valence-electron chi connectivity index (χ1n) is 11.4. The summed E-state index contributed by atoms with van der Waals surface area (Å²) in [6.07, 6.45) is 3.20. The molecular formula is C26H27N5O3. The number of para-hydroxylation sites is 1. The van der Waals surface area contributed by atoms with Crippen molar-refractivity contribution in [3.63, 3.8) is 0 Å². The van der Waals surface area contributed by atoms with Crippen LogP contribution in [0.15, 0.2) is 60.8 Å². The first-order chi connectivity index (χ1) is 16.6. The molecule has 8 nitrogen and oxygen atoms in total. The topological polar surface area (TPSA) is 101 Å². The van der Waals surface area contributed by atoms with Crippen LogP contribution < -0.4 is 10.6 Å². The second kappa shape index (κ2) is 9.52. The van der Waals surface area contributed by atoms with Crippen molar-refractivity contribution < 1.29 is 14.6 Å². The van der Waals surface area contributed by atoms with Crippen LogP contribution in [-0.4, -0.2) is 38.3 Å². The quantitative estimate of drug-likeness (QED) is 0.390. The Balaban J connectivity index is 1.29. The molecule has 1 saturated heterocycles. The number of carbonyl (C=O) groups is 1. The second-order valence-electron chi connectivity index (χ2n) is 8.50. The Morgan fingerprint density at radius 2 is 1.91 bits per heavy atom. The number of hydrogen-bond acceptors (Lipinski definition) is 6. The molecule has 8 heteroatoms. The largest absolute Gasteiger partial charge is 0.507 e.